The fourth-order valence-corrected chi connectivity index (χ4v) is 8.62. The smallest absolute Gasteiger partial charge is 0.141 e. The van der Waals surface area contributed by atoms with Crippen molar-refractivity contribution in [2.75, 3.05) is 38.2 Å². The number of hydrogen-bond acceptors (Lipinski definition) is 4. The van der Waals surface area contributed by atoms with Crippen LogP contribution in [0.25, 0.3) is 0 Å². The largest absolute Gasteiger partial charge is 0.356 e. The van der Waals surface area contributed by atoms with Crippen LogP contribution in [0.15, 0.2) is 54.6 Å². The highest BCUT2D eigenvalue weighted by Gasteiger charge is 2.78. The third-order valence-corrected chi connectivity index (χ3v) is 9.24. The maximum Gasteiger partial charge on any atom is 0.141 e. The minimum atomic E-state index is 0.0750. The van der Waals surface area contributed by atoms with Gasteiger partial charge in [0.05, 0.1) is 18.1 Å². The molecule has 2 aromatic carbocycles. The number of nitrogens with zero attached hydrogens (tertiary/aromatic N) is 3. The molecule has 0 aliphatic carbocycles. The lowest BCUT2D eigenvalue weighted by atomic mass is 9.62. The summed E-state index contributed by atoms with van der Waals surface area (Å²) >= 11 is 0. The quantitative estimate of drug-likeness (QED) is 0.765. The molecule has 4 nitrogen and oxygen atoms in total. The molecule has 0 radical (unpaired) electrons. The second-order valence-electron chi connectivity index (χ2n) is 10.1. The summed E-state index contributed by atoms with van der Waals surface area (Å²) in [5.74, 6) is 0.613. The van der Waals surface area contributed by atoms with E-state index < -0.39 is 0 Å². The highest BCUT2D eigenvalue weighted by Crippen LogP contribution is 2.70. The van der Waals surface area contributed by atoms with E-state index in [0.717, 1.165) is 19.7 Å². The molecule has 0 aromatic heterocycles. The Labute approximate surface area is 179 Å². The van der Waals surface area contributed by atoms with Crippen LogP contribution in [0, 0.1) is 5.92 Å². The molecule has 0 N–H and O–H groups in total. The van der Waals surface area contributed by atoms with Gasteiger partial charge in [0.2, 0.25) is 0 Å². The molecule has 4 heteroatoms. The van der Waals surface area contributed by atoms with Gasteiger partial charge in [0.1, 0.15) is 6.23 Å². The Morgan fingerprint density at radius 2 is 1.87 bits per heavy atom. The summed E-state index contributed by atoms with van der Waals surface area (Å²) in [6, 6.07) is 21.4. The van der Waals surface area contributed by atoms with E-state index in [9.17, 15) is 0 Å². The van der Waals surface area contributed by atoms with Crippen molar-refractivity contribution < 1.29 is 4.74 Å². The molecule has 4 fully saturated rings. The Morgan fingerprint density at radius 1 is 1.07 bits per heavy atom. The number of anilines is 1. The summed E-state index contributed by atoms with van der Waals surface area (Å²) in [6.07, 6.45) is 2.79. The molecule has 30 heavy (non-hydrogen) atoms. The summed E-state index contributed by atoms with van der Waals surface area (Å²) in [4.78, 5) is 8.14. The van der Waals surface area contributed by atoms with Gasteiger partial charge in [0, 0.05) is 36.8 Å². The normalized spacial score (nSPS) is 41.6. The summed E-state index contributed by atoms with van der Waals surface area (Å²) in [5.41, 5.74) is 4.71. The number of para-hydroxylation sites is 1. The molecular weight excluding hydrogens is 370 g/mol. The van der Waals surface area contributed by atoms with Gasteiger partial charge in [0.15, 0.2) is 0 Å². The monoisotopic (exact) mass is 401 g/mol. The van der Waals surface area contributed by atoms with Crippen molar-refractivity contribution in [2.45, 2.75) is 49.0 Å². The number of benzene rings is 2. The first-order valence-corrected chi connectivity index (χ1v) is 11.7. The number of likely N-dealkylation sites (N-methyl/N-ethyl adjacent to an activating group) is 2. The van der Waals surface area contributed by atoms with E-state index in [-0.39, 0.29) is 17.2 Å². The SMILES string of the molecule is CCN1[C@H]2CO[C@H]3N(C)c4ccccc4[C@]34CN3CCC[C@@]3(C24)[C@H]1c1ccccc1. The Balaban J connectivity index is 1.49. The van der Waals surface area contributed by atoms with Crippen LogP contribution in [0.2, 0.25) is 0 Å². The molecule has 0 saturated carbocycles. The summed E-state index contributed by atoms with van der Waals surface area (Å²) in [5, 5.41) is 0. The van der Waals surface area contributed by atoms with E-state index in [4.69, 9.17) is 4.74 Å². The fourth-order valence-electron chi connectivity index (χ4n) is 8.62. The molecule has 0 bridgehead atoms. The van der Waals surface area contributed by atoms with Crippen molar-refractivity contribution in [3.05, 3.63) is 65.7 Å². The van der Waals surface area contributed by atoms with Crippen molar-refractivity contribution in [3.63, 3.8) is 0 Å². The second kappa shape index (κ2) is 5.87. The molecular formula is C26H31N3O. The van der Waals surface area contributed by atoms with Crippen molar-refractivity contribution >= 4 is 5.69 Å². The van der Waals surface area contributed by atoms with E-state index in [1.807, 2.05) is 0 Å². The first-order chi connectivity index (χ1) is 14.7. The van der Waals surface area contributed by atoms with Gasteiger partial charge in [-0.2, -0.15) is 0 Å². The Kier molecular flexibility index (Phi) is 3.48. The van der Waals surface area contributed by atoms with Gasteiger partial charge in [-0.15, -0.1) is 0 Å². The van der Waals surface area contributed by atoms with Crippen molar-refractivity contribution in [1.82, 2.24) is 9.80 Å². The molecule has 6 atom stereocenters. The number of ether oxygens (including phenoxy) is 1. The maximum absolute atomic E-state index is 6.77. The van der Waals surface area contributed by atoms with Gasteiger partial charge in [-0.05, 0) is 43.1 Å². The van der Waals surface area contributed by atoms with Gasteiger partial charge in [0.25, 0.3) is 0 Å². The average Bonchev–Trinajstić information content (AvgIpc) is 3.47. The summed E-state index contributed by atoms with van der Waals surface area (Å²) in [6.45, 7) is 6.64. The third kappa shape index (κ3) is 1.78. The molecule has 156 valence electrons. The zero-order chi connectivity index (χ0) is 20.1. The van der Waals surface area contributed by atoms with E-state index in [1.54, 1.807) is 0 Å². The van der Waals surface area contributed by atoms with Gasteiger partial charge in [-0.3, -0.25) is 9.80 Å². The van der Waals surface area contributed by atoms with E-state index >= 15 is 0 Å². The molecule has 7 rings (SSSR count). The van der Waals surface area contributed by atoms with Crippen LogP contribution in [-0.2, 0) is 10.2 Å². The van der Waals surface area contributed by atoms with Gasteiger partial charge in [-0.25, -0.2) is 0 Å². The number of hydrogen-bond donors (Lipinski definition) is 0. The Morgan fingerprint density at radius 3 is 2.70 bits per heavy atom. The topological polar surface area (TPSA) is 19.0 Å². The van der Waals surface area contributed by atoms with Crippen LogP contribution >= 0.6 is 0 Å². The fraction of sp³-hybridized carbons (Fsp3) is 0.538. The Bertz CT molecular complexity index is 995. The highest BCUT2D eigenvalue weighted by atomic mass is 16.5. The minimum absolute atomic E-state index is 0.0750. The third-order valence-electron chi connectivity index (χ3n) is 9.24. The molecule has 2 spiro atoms. The molecule has 5 aliphatic heterocycles. The van der Waals surface area contributed by atoms with E-state index in [0.29, 0.717) is 18.0 Å². The van der Waals surface area contributed by atoms with Crippen LogP contribution in [0.3, 0.4) is 0 Å². The summed E-state index contributed by atoms with van der Waals surface area (Å²) in [7, 11) is 2.25. The van der Waals surface area contributed by atoms with Gasteiger partial charge >= 0.3 is 0 Å². The van der Waals surface area contributed by atoms with Crippen LogP contribution in [0.5, 0.6) is 0 Å². The van der Waals surface area contributed by atoms with Crippen molar-refractivity contribution in [3.8, 4) is 0 Å². The predicted molar refractivity (Wildman–Crippen MR) is 119 cm³/mol. The molecule has 4 saturated heterocycles. The summed E-state index contributed by atoms with van der Waals surface area (Å²) < 4.78 is 6.77. The van der Waals surface area contributed by atoms with Crippen molar-refractivity contribution in [1.29, 1.82) is 0 Å². The molecule has 1 unspecified atom stereocenters. The second-order valence-corrected chi connectivity index (χ2v) is 10.1. The molecule has 2 aromatic rings. The standard InChI is InChI=1S/C26H31N3O/c1-3-29-21-16-30-24-25(19-12-7-8-13-20(19)27(24)2)17-28-15-9-14-26(28,22(21)25)23(29)18-10-5-4-6-11-18/h4-8,10-13,21-24H,3,9,14-17H2,1-2H3/t21-,22?,23+,24+,25-,26+/m0/s1. The lowest BCUT2D eigenvalue weighted by molar-refractivity contribution is -0.0880. The van der Waals surface area contributed by atoms with Crippen molar-refractivity contribution in [2.24, 2.45) is 5.92 Å². The van der Waals surface area contributed by atoms with E-state index in [2.05, 4.69) is 83.3 Å². The number of rotatable bonds is 2. The number of likely N-dealkylation sites (tertiary alicyclic amines) is 1. The van der Waals surface area contributed by atoms with Crippen LogP contribution in [0.4, 0.5) is 5.69 Å². The maximum atomic E-state index is 6.77. The molecule has 5 heterocycles. The van der Waals surface area contributed by atoms with E-state index in [1.165, 1.54) is 36.2 Å². The van der Waals surface area contributed by atoms with Crippen LogP contribution in [0.1, 0.15) is 36.9 Å². The highest BCUT2D eigenvalue weighted by molar-refractivity contribution is 5.66. The lowest BCUT2D eigenvalue weighted by Crippen LogP contribution is -2.60. The Hall–Kier alpha value is -1.88. The molecule has 0 amide bonds. The first kappa shape index (κ1) is 17.8. The zero-order valence-electron chi connectivity index (χ0n) is 18.0. The first-order valence-electron chi connectivity index (χ1n) is 11.7. The van der Waals surface area contributed by atoms with Crippen LogP contribution in [-0.4, -0.2) is 60.9 Å². The average molecular weight is 402 g/mol. The molecule has 5 aliphatic rings. The zero-order valence-corrected chi connectivity index (χ0v) is 18.0. The minimum Gasteiger partial charge on any atom is -0.356 e. The number of fused-ring (bicyclic) bond motifs is 1. The predicted octanol–water partition coefficient (Wildman–Crippen LogP) is 3.64. The van der Waals surface area contributed by atoms with Gasteiger partial charge in [-0.1, -0.05) is 55.5 Å². The van der Waals surface area contributed by atoms with Crippen LogP contribution < -0.4 is 4.90 Å². The lowest BCUT2D eigenvalue weighted by Gasteiger charge is -2.48. The van der Waals surface area contributed by atoms with Gasteiger partial charge < -0.3 is 9.64 Å².